The minimum atomic E-state index is -2.98. The third kappa shape index (κ3) is 3.29. The Morgan fingerprint density at radius 3 is 2.19 bits per heavy atom. The first-order valence-electron chi connectivity index (χ1n) is 8.42. The quantitative estimate of drug-likeness (QED) is 0.854. The summed E-state index contributed by atoms with van der Waals surface area (Å²) >= 11 is 0. The summed E-state index contributed by atoms with van der Waals surface area (Å²) in [6, 6.07) is 11.3. The molecule has 1 heterocycles. The summed E-state index contributed by atoms with van der Waals surface area (Å²) < 4.78 is 40.4. The molecule has 0 bridgehead atoms. The summed E-state index contributed by atoms with van der Waals surface area (Å²) in [5.74, 6) is -4.60. The number of benzene rings is 2. The molecule has 1 amide bonds. The largest absolute Gasteiger partial charge is 0.346 e. The molecule has 0 radical (unpaired) electrons. The van der Waals surface area contributed by atoms with E-state index in [2.05, 4.69) is 5.32 Å². The van der Waals surface area contributed by atoms with Crippen molar-refractivity contribution in [3.05, 3.63) is 71.0 Å². The zero-order valence-corrected chi connectivity index (χ0v) is 15.2. The Hall–Kier alpha value is -2.83. The fourth-order valence-electron chi connectivity index (χ4n) is 3.43. The number of alkyl halides is 2. The van der Waals surface area contributed by atoms with Gasteiger partial charge in [0.05, 0.1) is 11.5 Å². The van der Waals surface area contributed by atoms with Crippen LogP contribution >= 0.6 is 0 Å². The number of guanidine groups is 1. The molecule has 1 fully saturated rings. The minimum absolute atomic E-state index is 0.0835. The maximum atomic E-state index is 13.5. The maximum absolute atomic E-state index is 13.5. The average molecular weight is 375 g/mol. The molecule has 0 spiro atoms. The van der Waals surface area contributed by atoms with Crippen LogP contribution in [0.3, 0.4) is 0 Å². The molecule has 4 nitrogen and oxygen atoms in total. The van der Waals surface area contributed by atoms with E-state index in [0.717, 1.165) is 6.92 Å². The number of carbonyl (C=O) groups is 1. The highest BCUT2D eigenvalue weighted by Crippen LogP contribution is 2.41. The van der Waals surface area contributed by atoms with E-state index in [9.17, 15) is 18.0 Å². The lowest BCUT2D eigenvalue weighted by molar-refractivity contribution is -0.131. The first-order valence-corrected chi connectivity index (χ1v) is 8.42. The standard InChI is InChI=1S/C20H20F3N3O/c1-19(13-8-10-15(21)11-9-13)16(17(27)26(3)18(24)25-19)12-4-6-14(7-5-12)20(2,22)23/h4-11,16H,1-3H3,(H2,24,25)/t16-,19-/m1/s1. The van der Waals surface area contributed by atoms with Crippen molar-refractivity contribution >= 4 is 11.9 Å². The predicted octanol–water partition coefficient (Wildman–Crippen LogP) is 3.93. The van der Waals surface area contributed by atoms with E-state index in [0.29, 0.717) is 11.1 Å². The van der Waals surface area contributed by atoms with Crippen molar-refractivity contribution in [2.24, 2.45) is 0 Å². The summed E-state index contributed by atoms with van der Waals surface area (Å²) in [5.41, 5.74) is -0.0336. The molecule has 142 valence electrons. The monoisotopic (exact) mass is 375 g/mol. The van der Waals surface area contributed by atoms with Gasteiger partial charge >= 0.3 is 0 Å². The van der Waals surface area contributed by atoms with Crippen LogP contribution in [-0.4, -0.2) is 23.8 Å². The van der Waals surface area contributed by atoms with Crippen molar-refractivity contribution in [3.8, 4) is 0 Å². The summed E-state index contributed by atoms with van der Waals surface area (Å²) in [7, 11) is 1.48. The van der Waals surface area contributed by atoms with E-state index >= 15 is 0 Å². The Morgan fingerprint density at radius 2 is 1.67 bits per heavy atom. The highest BCUT2D eigenvalue weighted by Gasteiger charge is 2.48. The summed E-state index contributed by atoms with van der Waals surface area (Å²) in [4.78, 5) is 14.2. The number of likely N-dealkylation sites (N-methyl/N-ethyl adjacent to an activating group) is 1. The van der Waals surface area contributed by atoms with Gasteiger partial charge in [0.1, 0.15) is 5.82 Å². The third-order valence-electron chi connectivity index (χ3n) is 5.06. The second-order valence-electron chi connectivity index (χ2n) is 7.02. The number of nitrogens with zero attached hydrogens (tertiary/aromatic N) is 1. The molecular weight excluding hydrogens is 355 g/mol. The van der Waals surface area contributed by atoms with Crippen LogP contribution in [0, 0.1) is 11.2 Å². The van der Waals surface area contributed by atoms with Crippen molar-refractivity contribution in [1.82, 2.24) is 10.2 Å². The van der Waals surface area contributed by atoms with E-state index in [4.69, 9.17) is 5.41 Å². The number of hydrogen-bond acceptors (Lipinski definition) is 2. The highest BCUT2D eigenvalue weighted by atomic mass is 19.3. The molecule has 1 aliphatic rings. The summed E-state index contributed by atoms with van der Waals surface area (Å²) in [6.45, 7) is 2.56. The Bertz CT molecular complexity index is 875. The third-order valence-corrected chi connectivity index (χ3v) is 5.06. The number of carbonyl (C=O) groups excluding carboxylic acids is 1. The van der Waals surface area contributed by atoms with E-state index in [1.807, 2.05) is 0 Å². The molecule has 1 aliphatic heterocycles. The van der Waals surface area contributed by atoms with Crippen LogP contribution < -0.4 is 5.32 Å². The van der Waals surface area contributed by atoms with Gasteiger partial charge in [-0.2, -0.15) is 0 Å². The van der Waals surface area contributed by atoms with Crippen LogP contribution in [-0.2, 0) is 16.3 Å². The van der Waals surface area contributed by atoms with Gasteiger partial charge in [-0.3, -0.25) is 15.1 Å². The van der Waals surface area contributed by atoms with E-state index in [1.165, 1.54) is 48.3 Å². The van der Waals surface area contributed by atoms with Crippen LogP contribution in [0.5, 0.6) is 0 Å². The van der Waals surface area contributed by atoms with E-state index in [1.54, 1.807) is 19.1 Å². The molecule has 0 aromatic heterocycles. The lowest BCUT2D eigenvalue weighted by Crippen LogP contribution is -2.62. The van der Waals surface area contributed by atoms with Crippen molar-refractivity contribution in [2.45, 2.75) is 31.2 Å². The minimum Gasteiger partial charge on any atom is -0.346 e. The van der Waals surface area contributed by atoms with Gasteiger partial charge in [-0.1, -0.05) is 36.4 Å². The Balaban J connectivity index is 2.11. The van der Waals surface area contributed by atoms with Gasteiger partial charge in [0.2, 0.25) is 5.91 Å². The van der Waals surface area contributed by atoms with Crippen LogP contribution in [0.2, 0.25) is 0 Å². The number of nitrogens with one attached hydrogen (secondary N) is 2. The van der Waals surface area contributed by atoms with Crippen molar-refractivity contribution in [3.63, 3.8) is 0 Å². The molecule has 2 aromatic carbocycles. The van der Waals surface area contributed by atoms with E-state index in [-0.39, 0.29) is 17.4 Å². The number of halogens is 3. The van der Waals surface area contributed by atoms with Crippen LogP contribution in [0.15, 0.2) is 48.5 Å². The molecule has 2 aromatic rings. The highest BCUT2D eigenvalue weighted by molar-refractivity contribution is 6.02. The van der Waals surface area contributed by atoms with Crippen molar-refractivity contribution < 1.29 is 18.0 Å². The number of hydrogen-bond donors (Lipinski definition) is 2. The molecular formula is C20H20F3N3O. The van der Waals surface area contributed by atoms with Crippen LogP contribution in [0.25, 0.3) is 0 Å². The molecule has 0 aliphatic carbocycles. The van der Waals surface area contributed by atoms with Gasteiger partial charge in [-0.05, 0) is 30.2 Å². The maximum Gasteiger partial charge on any atom is 0.270 e. The first kappa shape index (κ1) is 18.9. The van der Waals surface area contributed by atoms with Gasteiger partial charge in [0.15, 0.2) is 5.96 Å². The first-order chi connectivity index (χ1) is 12.5. The predicted molar refractivity (Wildman–Crippen MR) is 96.1 cm³/mol. The smallest absolute Gasteiger partial charge is 0.270 e. The number of rotatable bonds is 3. The Morgan fingerprint density at radius 1 is 1.11 bits per heavy atom. The topological polar surface area (TPSA) is 56.2 Å². The van der Waals surface area contributed by atoms with Crippen molar-refractivity contribution in [1.29, 1.82) is 5.41 Å². The summed E-state index contributed by atoms with van der Waals surface area (Å²) in [6.07, 6.45) is 0. The molecule has 0 saturated carbocycles. The SMILES string of the molecule is CN1C(=N)N[C@](C)(c2ccc(F)cc2)[C@H](c2ccc(C(C)(F)F)cc2)C1=O. The lowest BCUT2D eigenvalue weighted by atomic mass is 9.73. The van der Waals surface area contributed by atoms with Crippen LogP contribution in [0.4, 0.5) is 13.2 Å². The molecule has 27 heavy (non-hydrogen) atoms. The second kappa shape index (κ2) is 6.40. The fourth-order valence-corrected chi connectivity index (χ4v) is 3.43. The molecule has 2 N–H and O–H groups in total. The molecule has 3 rings (SSSR count). The van der Waals surface area contributed by atoms with Gasteiger partial charge in [-0.15, -0.1) is 0 Å². The van der Waals surface area contributed by atoms with Crippen LogP contribution in [0.1, 0.15) is 36.5 Å². The average Bonchev–Trinajstić information content (AvgIpc) is 2.60. The van der Waals surface area contributed by atoms with Crippen molar-refractivity contribution in [2.75, 3.05) is 7.05 Å². The fraction of sp³-hybridized carbons (Fsp3) is 0.300. The normalized spacial score (nSPS) is 23.3. The van der Waals surface area contributed by atoms with Gasteiger partial charge in [0, 0.05) is 19.5 Å². The van der Waals surface area contributed by atoms with Gasteiger partial charge < -0.3 is 5.32 Å². The summed E-state index contributed by atoms with van der Waals surface area (Å²) in [5, 5.41) is 11.1. The molecule has 7 heteroatoms. The van der Waals surface area contributed by atoms with E-state index < -0.39 is 23.2 Å². The molecule has 2 atom stereocenters. The molecule has 1 saturated heterocycles. The number of amides is 1. The molecule has 0 unspecified atom stereocenters. The lowest BCUT2D eigenvalue weighted by Gasteiger charge is -2.46. The van der Waals surface area contributed by atoms with Gasteiger partial charge in [-0.25, -0.2) is 13.2 Å². The Labute approximate surface area is 155 Å². The zero-order valence-electron chi connectivity index (χ0n) is 15.2. The second-order valence-corrected chi connectivity index (χ2v) is 7.02. The zero-order chi connectivity index (χ0) is 20.0. The Kier molecular flexibility index (Phi) is 4.49. The van der Waals surface area contributed by atoms with Gasteiger partial charge in [0.25, 0.3) is 5.92 Å².